The van der Waals surface area contributed by atoms with Crippen LogP contribution in [0.2, 0.25) is 0 Å². The Morgan fingerprint density at radius 2 is 0.333 bits per heavy atom. The summed E-state index contributed by atoms with van der Waals surface area (Å²) in [5.41, 5.74) is 1.38. The van der Waals surface area contributed by atoms with Gasteiger partial charge >= 0.3 is 0 Å². The van der Waals surface area contributed by atoms with Gasteiger partial charge in [-0.05, 0) is 69.5 Å². The molecular weight excluding hydrogens is 396 g/mol. The lowest BCUT2D eigenvalue weighted by Crippen LogP contribution is -2.29. The van der Waals surface area contributed by atoms with E-state index >= 15 is 0 Å². The molecule has 0 rings (SSSR count). The van der Waals surface area contributed by atoms with Crippen LogP contribution in [-0.2, 0) is 0 Å². The minimum Gasteiger partial charge on any atom is -0.0625 e. The van der Waals surface area contributed by atoms with Crippen LogP contribution in [0, 0.1) is 69.5 Å². The zero-order valence-corrected chi connectivity index (χ0v) is 27.7. The third-order valence-electron chi connectivity index (χ3n) is 7.31. The molecule has 204 valence electrons. The average Bonchev–Trinajstić information content (AvgIpc) is 2.39. The van der Waals surface area contributed by atoms with E-state index < -0.39 is 0 Å². The predicted octanol–water partition coefficient (Wildman–Crippen LogP) is 11.9. The monoisotopic (exact) mass is 469 g/mol. The van der Waals surface area contributed by atoms with Crippen molar-refractivity contribution in [2.75, 3.05) is 0 Å². The highest BCUT2D eigenvalue weighted by Gasteiger charge is 2.31. The quantitative estimate of drug-likeness (QED) is 0.363. The summed E-state index contributed by atoms with van der Waals surface area (Å²) >= 11 is 0. The first kappa shape index (κ1) is 37.5. The maximum atomic E-state index is 2.34. The Morgan fingerprint density at radius 1 is 0.242 bits per heavy atom. The van der Waals surface area contributed by atoms with E-state index in [1.165, 1.54) is 0 Å². The third-order valence-corrected chi connectivity index (χ3v) is 7.31. The van der Waals surface area contributed by atoms with Gasteiger partial charge in [0.05, 0.1) is 0 Å². The van der Waals surface area contributed by atoms with E-state index in [0.29, 0.717) is 16.2 Å². The SMILES string of the molecule is CC(C)C(C(C)C)C(C)(C)C.CC(C)C(C(C)C)C(C)(C)C.CC(C)C(C(C)C)C(C)(C)C. The van der Waals surface area contributed by atoms with E-state index in [4.69, 9.17) is 0 Å². The Labute approximate surface area is 214 Å². The second-order valence-corrected chi connectivity index (χ2v) is 16.1. The smallest absolute Gasteiger partial charge is 0.0319 e. The van der Waals surface area contributed by atoms with Crippen LogP contribution in [0.5, 0.6) is 0 Å². The molecule has 0 amide bonds. The molecule has 0 radical (unpaired) electrons. The second-order valence-electron chi connectivity index (χ2n) is 16.1. The van der Waals surface area contributed by atoms with Crippen LogP contribution in [0.15, 0.2) is 0 Å². The summed E-state index contributed by atoms with van der Waals surface area (Å²) in [6.45, 7) is 49.1. The molecule has 0 saturated carbocycles. The van der Waals surface area contributed by atoms with Gasteiger partial charge in [0.2, 0.25) is 0 Å². The Bertz CT molecular complexity index is 358. The van der Waals surface area contributed by atoms with Gasteiger partial charge in [-0.15, -0.1) is 0 Å². The van der Waals surface area contributed by atoms with Gasteiger partial charge in [0, 0.05) is 0 Å². The largest absolute Gasteiger partial charge is 0.0625 e. The molecule has 33 heavy (non-hydrogen) atoms. The fraction of sp³-hybridized carbons (Fsp3) is 1.00. The molecule has 0 atom stereocenters. The van der Waals surface area contributed by atoms with E-state index in [1.807, 2.05) is 0 Å². The Balaban J connectivity index is -0.000000409. The Kier molecular flexibility index (Phi) is 17.3. The van der Waals surface area contributed by atoms with Crippen LogP contribution in [0.1, 0.15) is 145 Å². The van der Waals surface area contributed by atoms with E-state index in [-0.39, 0.29) is 0 Å². The number of rotatable bonds is 6. The minimum absolute atomic E-state index is 0.461. The summed E-state index contributed by atoms with van der Waals surface area (Å²) in [6, 6.07) is 0. The molecule has 0 spiro atoms. The first-order chi connectivity index (χ1) is 14.3. The maximum Gasteiger partial charge on any atom is -0.0319 e. The summed E-state index contributed by atoms with van der Waals surface area (Å²) in [7, 11) is 0. The molecule has 0 aromatic rings. The number of hydrogen-bond acceptors (Lipinski definition) is 0. The molecule has 0 nitrogen and oxygen atoms in total. The normalized spacial score (nSPS) is 13.6. The lowest BCUT2D eigenvalue weighted by molar-refractivity contribution is 0.123. The minimum atomic E-state index is 0.461. The van der Waals surface area contributed by atoms with Gasteiger partial charge in [-0.25, -0.2) is 0 Å². The average molecular weight is 469 g/mol. The first-order valence-corrected chi connectivity index (χ1v) is 14.3. The molecule has 0 heteroatoms. The van der Waals surface area contributed by atoms with Crippen molar-refractivity contribution in [3.8, 4) is 0 Å². The molecule has 0 N–H and O–H groups in total. The highest BCUT2D eigenvalue weighted by atomic mass is 14.4. The van der Waals surface area contributed by atoms with E-state index in [9.17, 15) is 0 Å². The molecule has 0 unspecified atom stereocenters. The molecule has 0 heterocycles. The molecule has 0 aromatic carbocycles. The summed E-state index contributed by atoms with van der Waals surface area (Å²) in [6.07, 6.45) is 0. The lowest BCUT2D eigenvalue weighted by atomic mass is 9.69. The molecular formula is C33H72. The van der Waals surface area contributed by atoms with Crippen molar-refractivity contribution in [3.63, 3.8) is 0 Å². The van der Waals surface area contributed by atoms with Gasteiger partial charge in [-0.3, -0.25) is 0 Å². The molecule has 0 aliphatic carbocycles. The van der Waals surface area contributed by atoms with Gasteiger partial charge in [0.15, 0.2) is 0 Å². The van der Waals surface area contributed by atoms with Crippen molar-refractivity contribution >= 4 is 0 Å². The van der Waals surface area contributed by atoms with Crippen molar-refractivity contribution in [1.29, 1.82) is 0 Å². The second kappa shape index (κ2) is 15.2. The summed E-state index contributed by atoms with van der Waals surface area (Å²) in [5, 5.41) is 0. The van der Waals surface area contributed by atoms with Gasteiger partial charge < -0.3 is 0 Å². The molecule has 0 aliphatic heterocycles. The maximum absolute atomic E-state index is 2.34. The van der Waals surface area contributed by atoms with E-state index in [2.05, 4.69) is 145 Å². The Morgan fingerprint density at radius 3 is 0.333 bits per heavy atom. The van der Waals surface area contributed by atoms with Crippen LogP contribution in [0.4, 0.5) is 0 Å². The number of hydrogen-bond donors (Lipinski definition) is 0. The van der Waals surface area contributed by atoms with Gasteiger partial charge in [-0.1, -0.05) is 145 Å². The first-order valence-electron chi connectivity index (χ1n) is 14.3. The lowest BCUT2D eigenvalue weighted by Gasteiger charge is -2.37. The van der Waals surface area contributed by atoms with Crippen LogP contribution >= 0.6 is 0 Å². The van der Waals surface area contributed by atoms with Crippen LogP contribution in [0.3, 0.4) is 0 Å². The topological polar surface area (TPSA) is 0 Å². The van der Waals surface area contributed by atoms with Crippen molar-refractivity contribution in [3.05, 3.63) is 0 Å². The van der Waals surface area contributed by atoms with Gasteiger partial charge in [-0.2, -0.15) is 0 Å². The molecule has 0 aromatic heterocycles. The van der Waals surface area contributed by atoms with Gasteiger partial charge in [0.25, 0.3) is 0 Å². The Hall–Kier alpha value is 0. The summed E-state index contributed by atoms with van der Waals surface area (Å²) in [5.74, 6) is 7.31. The zero-order chi connectivity index (χ0) is 27.7. The molecule has 0 aliphatic rings. The fourth-order valence-electron chi connectivity index (χ4n) is 8.31. The highest BCUT2D eigenvalue weighted by Crippen LogP contribution is 2.39. The van der Waals surface area contributed by atoms with Crippen molar-refractivity contribution in [1.82, 2.24) is 0 Å². The fourth-order valence-corrected chi connectivity index (χ4v) is 8.31. The van der Waals surface area contributed by atoms with Crippen LogP contribution < -0.4 is 0 Å². The predicted molar refractivity (Wildman–Crippen MR) is 158 cm³/mol. The van der Waals surface area contributed by atoms with E-state index in [0.717, 1.165) is 53.3 Å². The molecule has 0 bridgehead atoms. The van der Waals surface area contributed by atoms with Crippen molar-refractivity contribution in [2.45, 2.75) is 145 Å². The van der Waals surface area contributed by atoms with Crippen LogP contribution in [-0.4, -0.2) is 0 Å². The highest BCUT2D eigenvalue weighted by molar-refractivity contribution is 4.80. The van der Waals surface area contributed by atoms with Gasteiger partial charge in [0.1, 0.15) is 0 Å². The zero-order valence-electron chi connectivity index (χ0n) is 27.7. The summed E-state index contributed by atoms with van der Waals surface area (Å²) < 4.78 is 0. The summed E-state index contributed by atoms with van der Waals surface area (Å²) in [4.78, 5) is 0. The van der Waals surface area contributed by atoms with Crippen molar-refractivity contribution < 1.29 is 0 Å². The third kappa shape index (κ3) is 16.3. The molecule has 0 fully saturated rings. The molecule has 0 saturated heterocycles. The van der Waals surface area contributed by atoms with Crippen molar-refractivity contribution in [2.24, 2.45) is 69.5 Å². The standard InChI is InChI=1S/3C11H24/c3*1-8(2)10(9(3)4)11(5,6)7/h3*8-10H,1-7H3. The van der Waals surface area contributed by atoms with E-state index in [1.54, 1.807) is 0 Å². The van der Waals surface area contributed by atoms with Crippen LogP contribution in [0.25, 0.3) is 0 Å².